The molecule has 0 saturated heterocycles. The number of carbonyl (C=O) groups excluding carboxylic acids is 2. The van der Waals surface area contributed by atoms with Gasteiger partial charge in [0.15, 0.2) is 0 Å². The summed E-state index contributed by atoms with van der Waals surface area (Å²) in [6.07, 6.45) is -4.86. The van der Waals surface area contributed by atoms with Crippen LogP contribution < -0.4 is 0 Å². The summed E-state index contributed by atoms with van der Waals surface area (Å²) in [5.41, 5.74) is 1.12. The first-order valence-electron chi connectivity index (χ1n) is 8.29. The largest absolute Gasteiger partial charge is 0.478 e. The van der Waals surface area contributed by atoms with Gasteiger partial charge in [0, 0.05) is 0 Å². The molecular formula is C20H18O8. The maximum atomic E-state index is 12.0. The highest BCUT2D eigenvalue weighted by molar-refractivity contribution is 5.88. The number of aliphatic carboxylic acids is 2. The fourth-order valence-electron chi connectivity index (χ4n) is 2.38. The zero-order chi connectivity index (χ0) is 20.5. The highest BCUT2D eigenvalue weighted by atomic mass is 16.6. The number of carboxylic acids is 2. The quantitative estimate of drug-likeness (QED) is 0.620. The van der Waals surface area contributed by atoms with E-state index in [1.807, 2.05) is 0 Å². The van der Waals surface area contributed by atoms with Gasteiger partial charge in [-0.3, -0.25) is 9.59 Å². The second-order valence-electron chi connectivity index (χ2n) is 5.82. The first-order chi connectivity index (χ1) is 13.4. The Labute approximate surface area is 160 Å². The lowest BCUT2D eigenvalue weighted by atomic mass is 10.1. The molecule has 0 amide bonds. The van der Waals surface area contributed by atoms with Gasteiger partial charge in [-0.25, -0.2) is 9.59 Å². The van der Waals surface area contributed by atoms with Gasteiger partial charge in [-0.2, -0.15) is 0 Å². The van der Waals surface area contributed by atoms with E-state index in [9.17, 15) is 29.4 Å². The van der Waals surface area contributed by atoms with Crippen LogP contribution in [0.25, 0.3) is 0 Å². The molecule has 0 bridgehead atoms. The van der Waals surface area contributed by atoms with E-state index < -0.39 is 36.1 Å². The first kappa shape index (κ1) is 20.6. The maximum Gasteiger partial charge on any atom is 0.349 e. The van der Waals surface area contributed by atoms with E-state index in [0.717, 1.165) is 0 Å². The molecule has 0 aromatic heterocycles. The number of hydrogen-bond donors (Lipinski definition) is 2. The molecule has 2 atom stereocenters. The molecule has 146 valence electrons. The molecule has 2 aromatic rings. The van der Waals surface area contributed by atoms with Crippen LogP contribution in [0, 0.1) is 0 Å². The lowest BCUT2D eigenvalue weighted by molar-refractivity contribution is -0.187. The summed E-state index contributed by atoms with van der Waals surface area (Å²) in [4.78, 5) is 46.9. The van der Waals surface area contributed by atoms with Gasteiger partial charge in [0.25, 0.3) is 0 Å². The van der Waals surface area contributed by atoms with E-state index in [1.54, 1.807) is 60.7 Å². The summed E-state index contributed by atoms with van der Waals surface area (Å²) in [7, 11) is 0. The molecule has 2 N–H and O–H groups in total. The summed E-state index contributed by atoms with van der Waals surface area (Å²) >= 11 is 0. The fourth-order valence-corrected chi connectivity index (χ4v) is 2.38. The van der Waals surface area contributed by atoms with E-state index in [0.29, 0.717) is 11.1 Å². The Morgan fingerprint density at radius 1 is 0.643 bits per heavy atom. The van der Waals surface area contributed by atoms with Crippen molar-refractivity contribution in [1.82, 2.24) is 0 Å². The van der Waals surface area contributed by atoms with Crippen LogP contribution in [0.4, 0.5) is 0 Å². The Balaban J connectivity index is 2.06. The van der Waals surface area contributed by atoms with Crippen LogP contribution in [0.2, 0.25) is 0 Å². The molecule has 0 aliphatic carbocycles. The van der Waals surface area contributed by atoms with Crippen LogP contribution in [0.1, 0.15) is 11.1 Å². The van der Waals surface area contributed by atoms with E-state index in [2.05, 4.69) is 0 Å². The average molecular weight is 386 g/mol. The second-order valence-corrected chi connectivity index (χ2v) is 5.82. The molecule has 0 aliphatic rings. The monoisotopic (exact) mass is 386 g/mol. The van der Waals surface area contributed by atoms with Crippen LogP contribution in [0.3, 0.4) is 0 Å². The fraction of sp³-hybridized carbons (Fsp3) is 0.200. The maximum absolute atomic E-state index is 12.0. The molecular weight excluding hydrogens is 368 g/mol. The minimum Gasteiger partial charge on any atom is -0.478 e. The van der Waals surface area contributed by atoms with E-state index in [1.165, 1.54) is 0 Å². The number of carboxylic acid groups (broad SMARTS) is 2. The predicted octanol–water partition coefficient (Wildman–Crippen LogP) is 1.46. The zero-order valence-electron chi connectivity index (χ0n) is 14.7. The number of hydrogen-bond acceptors (Lipinski definition) is 6. The van der Waals surface area contributed by atoms with E-state index >= 15 is 0 Å². The lowest BCUT2D eigenvalue weighted by Gasteiger charge is -2.21. The normalized spacial score (nSPS) is 12.4. The molecule has 2 aromatic carbocycles. The lowest BCUT2D eigenvalue weighted by Crippen LogP contribution is -2.46. The Morgan fingerprint density at radius 3 is 1.25 bits per heavy atom. The van der Waals surface area contributed by atoms with Gasteiger partial charge in [-0.15, -0.1) is 0 Å². The van der Waals surface area contributed by atoms with Gasteiger partial charge in [0.2, 0.25) is 12.2 Å². The summed E-state index contributed by atoms with van der Waals surface area (Å²) in [6.45, 7) is 0. The third-order valence-electron chi connectivity index (χ3n) is 3.66. The van der Waals surface area contributed by atoms with Gasteiger partial charge in [-0.05, 0) is 11.1 Å². The van der Waals surface area contributed by atoms with Crippen LogP contribution in [-0.2, 0) is 41.5 Å². The number of carbonyl (C=O) groups is 4. The summed E-state index contributed by atoms with van der Waals surface area (Å²) in [5, 5.41) is 18.6. The molecule has 0 fully saturated rings. The molecule has 28 heavy (non-hydrogen) atoms. The summed E-state index contributed by atoms with van der Waals surface area (Å²) < 4.78 is 9.59. The average Bonchev–Trinajstić information content (AvgIpc) is 2.65. The first-order valence-corrected chi connectivity index (χ1v) is 8.29. The molecule has 0 aliphatic heterocycles. The van der Waals surface area contributed by atoms with Crippen molar-refractivity contribution in [1.29, 1.82) is 0 Å². The van der Waals surface area contributed by atoms with Crippen LogP contribution in [-0.4, -0.2) is 46.3 Å². The van der Waals surface area contributed by atoms with Crippen molar-refractivity contribution in [3.63, 3.8) is 0 Å². The van der Waals surface area contributed by atoms with Gasteiger partial charge < -0.3 is 19.7 Å². The molecule has 0 unspecified atom stereocenters. The van der Waals surface area contributed by atoms with Crippen molar-refractivity contribution in [3.05, 3.63) is 71.8 Å². The van der Waals surface area contributed by atoms with Crippen LogP contribution in [0.5, 0.6) is 0 Å². The molecule has 8 nitrogen and oxygen atoms in total. The highest BCUT2D eigenvalue weighted by Gasteiger charge is 2.40. The van der Waals surface area contributed by atoms with Gasteiger partial charge in [0.05, 0.1) is 12.8 Å². The van der Waals surface area contributed by atoms with Crippen molar-refractivity contribution >= 4 is 23.9 Å². The van der Waals surface area contributed by atoms with Gasteiger partial charge >= 0.3 is 23.9 Å². The van der Waals surface area contributed by atoms with Crippen molar-refractivity contribution in [3.8, 4) is 0 Å². The Morgan fingerprint density at radius 2 is 0.964 bits per heavy atom. The summed E-state index contributed by atoms with van der Waals surface area (Å²) in [5.74, 6) is -5.38. The van der Waals surface area contributed by atoms with E-state index in [4.69, 9.17) is 9.47 Å². The molecule has 0 radical (unpaired) electrons. The predicted molar refractivity (Wildman–Crippen MR) is 95.3 cm³/mol. The molecule has 0 spiro atoms. The SMILES string of the molecule is O=C(Cc1ccccc1)O[C@H](C(=O)O)[C@H](OC(=O)Cc1ccccc1)C(=O)O. The molecule has 8 heteroatoms. The smallest absolute Gasteiger partial charge is 0.349 e. The number of ether oxygens (including phenoxy) is 2. The van der Waals surface area contributed by atoms with Crippen molar-refractivity contribution in [2.75, 3.05) is 0 Å². The molecule has 0 heterocycles. The van der Waals surface area contributed by atoms with E-state index in [-0.39, 0.29) is 12.8 Å². The Hall–Kier alpha value is -3.68. The number of esters is 2. The number of benzene rings is 2. The highest BCUT2D eigenvalue weighted by Crippen LogP contribution is 2.11. The Bertz CT molecular complexity index is 760. The molecule has 2 rings (SSSR count). The molecule has 0 saturated carbocycles. The van der Waals surface area contributed by atoms with Crippen molar-refractivity contribution < 1.29 is 38.9 Å². The zero-order valence-corrected chi connectivity index (χ0v) is 14.7. The van der Waals surface area contributed by atoms with Crippen molar-refractivity contribution in [2.45, 2.75) is 25.0 Å². The van der Waals surface area contributed by atoms with Crippen molar-refractivity contribution in [2.24, 2.45) is 0 Å². The van der Waals surface area contributed by atoms with Gasteiger partial charge in [-0.1, -0.05) is 60.7 Å². The van der Waals surface area contributed by atoms with Crippen LogP contribution in [0.15, 0.2) is 60.7 Å². The Kier molecular flexibility index (Phi) is 7.27. The minimum atomic E-state index is -2.17. The third-order valence-corrected chi connectivity index (χ3v) is 3.66. The minimum absolute atomic E-state index is 0.255. The topological polar surface area (TPSA) is 127 Å². The number of rotatable bonds is 9. The summed E-state index contributed by atoms with van der Waals surface area (Å²) in [6, 6.07) is 16.7. The van der Waals surface area contributed by atoms with Gasteiger partial charge in [0.1, 0.15) is 0 Å². The second kappa shape index (κ2) is 9.86. The third kappa shape index (κ3) is 6.24. The van der Waals surface area contributed by atoms with Crippen LogP contribution >= 0.6 is 0 Å². The standard InChI is InChI=1S/C20H18O8/c21-15(11-13-7-3-1-4-8-13)27-17(19(23)24)18(20(25)26)28-16(22)12-14-9-5-2-6-10-14/h1-10,17-18H,11-12H2,(H,23,24)(H,25,26)/t17-,18-/m0/s1.